The van der Waals surface area contributed by atoms with Crippen molar-refractivity contribution in [3.05, 3.63) is 88.4 Å². The summed E-state index contributed by atoms with van der Waals surface area (Å²) in [4.78, 5) is 39.1. The monoisotopic (exact) mass is 536 g/mol. The van der Waals surface area contributed by atoms with Gasteiger partial charge in [-0.2, -0.15) is 5.10 Å². The maximum atomic E-state index is 13.1. The number of aryl methyl sites for hydroxylation is 1. The maximum absolute atomic E-state index is 13.1. The number of hydrogen-bond acceptors (Lipinski definition) is 5. The molecule has 37 heavy (non-hydrogen) atoms. The molecular weight excluding hydrogens is 512 g/mol. The van der Waals surface area contributed by atoms with E-state index in [4.69, 9.17) is 16.7 Å². The minimum atomic E-state index is -0.945. The van der Waals surface area contributed by atoms with Gasteiger partial charge in [-0.3, -0.25) is 4.79 Å². The Balaban J connectivity index is 1.46. The first kappa shape index (κ1) is 26.2. The number of carboxylic acid groups (broad SMARTS) is 1. The van der Waals surface area contributed by atoms with E-state index < -0.39 is 12.0 Å². The Morgan fingerprint density at radius 2 is 1.86 bits per heavy atom. The summed E-state index contributed by atoms with van der Waals surface area (Å²) in [6, 6.07) is 18.8. The fourth-order valence-corrected chi connectivity index (χ4v) is 5.00. The standard InChI is InChI=1S/C27H25ClN4O4S/c1-2-13-32-23-11-10-21(37-14-12-17-6-8-18(9-7-17)26(34)35)16-22(23)24(25(32)33)30-31-27(36)29-20-5-3-4-19(28)15-20/h3-11,15-16H,2,12-14H2,1H3,(H,34,35)(H2,29,31,36). The normalized spacial score (nSPS) is 13.5. The first-order chi connectivity index (χ1) is 17.9. The van der Waals surface area contributed by atoms with Crippen LogP contribution in [0.5, 0.6) is 0 Å². The molecule has 190 valence electrons. The second-order valence-electron chi connectivity index (χ2n) is 8.27. The molecule has 8 nitrogen and oxygen atoms in total. The first-order valence-electron chi connectivity index (χ1n) is 11.7. The van der Waals surface area contributed by atoms with Crippen LogP contribution in [0, 0.1) is 0 Å². The quantitative estimate of drug-likeness (QED) is 0.241. The SMILES string of the molecule is CCCN1C(=O)C(=NNC(=O)Nc2cccc(Cl)c2)c2cc(SCCc3ccc(C(=O)O)cc3)ccc21. The zero-order valence-electron chi connectivity index (χ0n) is 20.0. The smallest absolute Gasteiger partial charge is 0.339 e. The van der Waals surface area contributed by atoms with Crippen molar-refractivity contribution in [1.29, 1.82) is 0 Å². The Bertz CT molecular complexity index is 1360. The Labute approximate surface area is 223 Å². The Kier molecular flexibility index (Phi) is 8.47. The Morgan fingerprint density at radius 1 is 1.08 bits per heavy atom. The van der Waals surface area contributed by atoms with E-state index in [0.29, 0.717) is 22.8 Å². The number of nitrogens with zero attached hydrogens (tertiary/aromatic N) is 2. The predicted octanol–water partition coefficient (Wildman–Crippen LogP) is 5.66. The summed E-state index contributed by atoms with van der Waals surface area (Å²) in [6.07, 6.45) is 1.53. The molecule has 3 aromatic rings. The number of urea groups is 1. The number of carboxylic acids is 1. The molecular formula is C27H25ClN4O4S. The number of nitrogens with one attached hydrogen (secondary N) is 2. The van der Waals surface area contributed by atoms with Gasteiger partial charge < -0.3 is 15.3 Å². The van der Waals surface area contributed by atoms with E-state index in [-0.39, 0.29) is 17.2 Å². The third-order valence-electron chi connectivity index (χ3n) is 5.62. The lowest BCUT2D eigenvalue weighted by molar-refractivity contribution is -0.112. The molecule has 1 aliphatic rings. The summed E-state index contributed by atoms with van der Waals surface area (Å²) in [5.74, 6) is -0.440. The van der Waals surface area contributed by atoms with Crippen molar-refractivity contribution in [1.82, 2.24) is 5.43 Å². The average molecular weight is 537 g/mol. The molecule has 4 rings (SSSR count). The van der Waals surface area contributed by atoms with E-state index in [2.05, 4.69) is 15.8 Å². The van der Waals surface area contributed by atoms with Gasteiger partial charge in [0.2, 0.25) is 0 Å². The molecule has 0 aliphatic carbocycles. The van der Waals surface area contributed by atoms with Crippen LogP contribution in [0.4, 0.5) is 16.2 Å². The topological polar surface area (TPSA) is 111 Å². The highest BCUT2D eigenvalue weighted by atomic mass is 35.5. The van der Waals surface area contributed by atoms with Crippen LogP contribution in [-0.2, 0) is 11.2 Å². The summed E-state index contributed by atoms with van der Waals surface area (Å²) in [7, 11) is 0. The van der Waals surface area contributed by atoms with E-state index in [1.807, 2.05) is 37.3 Å². The molecule has 1 aliphatic heterocycles. The average Bonchev–Trinajstić information content (AvgIpc) is 3.13. The van der Waals surface area contributed by atoms with E-state index in [9.17, 15) is 14.4 Å². The predicted molar refractivity (Wildman–Crippen MR) is 147 cm³/mol. The van der Waals surface area contributed by atoms with Crippen molar-refractivity contribution in [2.75, 3.05) is 22.5 Å². The number of hydrazone groups is 1. The van der Waals surface area contributed by atoms with Gasteiger partial charge in [0.25, 0.3) is 5.91 Å². The van der Waals surface area contributed by atoms with Gasteiger partial charge in [0.15, 0.2) is 5.71 Å². The van der Waals surface area contributed by atoms with Crippen molar-refractivity contribution in [3.63, 3.8) is 0 Å². The zero-order chi connectivity index (χ0) is 26.4. The number of fused-ring (bicyclic) bond motifs is 1. The van der Waals surface area contributed by atoms with Gasteiger partial charge in [0, 0.05) is 33.5 Å². The minimum Gasteiger partial charge on any atom is -0.478 e. The van der Waals surface area contributed by atoms with Gasteiger partial charge in [0.1, 0.15) is 0 Å². The lowest BCUT2D eigenvalue weighted by atomic mass is 10.1. The lowest BCUT2D eigenvalue weighted by Crippen LogP contribution is -2.33. The van der Waals surface area contributed by atoms with Crippen LogP contribution in [0.3, 0.4) is 0 Å². The van der Waals surface area contributed by atoms with Gasteiger partial charge in [-0.15, -0.1) is 11.8 Å². The number of thioether (sulfide) groups is 1. The molecule has 0 spiro atoms. The largest absolute Gasteiger partial charge is 0.478 e. The van der Waals surface area contributed by atoms with E-state index >= 15 is 0 Å². The lowest BCUT2D eigenvalue weighted by Gasteiger charge is -2.15. The van der Waals surface area contributed by atoms with Crippen molar-refractivity contribution in [2.24, 2.45) is 5.10 Å². The zero-order valence-corrected chi connectivity index (χ0v) is 21.6. The second kappa shape index (κ2) is 11.9. The number of carbonyl (C=O) groups is 3. The molecule has 0 saturated heterocycles. The van der Waals surface area contributed by atoms with Crippen molar-refractivity contribution >= 4 is 58.4 Å². The minimum absolute atomic E-state index is 0.177. The number of rotatable bonds is 9. The van der Waals surface area contributed by atoms with Crippen LogP contribution in [0.25, 0.3) is 0 Å². The summed E-state index contributed by atoms with van der Waals surface area (Å²) in [5, 5.41) is 16.3. The highest BCUT2D eigenvalue weighted by Gasteiger charge is 2.34. The summed E-state index contributed by atoms with van der Waals surface area (Å²) in [5.41, 5.74) is 5.83. The Morgan fingerprint density at radius 3 is 2.57 bits per heavy atom. The fourth-order valence-electron chi connectivity index (χ4n) is 3.87. The summed E-state index contributed by atoms with van der Waals surface area (Å²) in [6.45, 7) is 2.53. The number of aromatic carboxylic acids is 1. The van der Waals surface area contributed by atoms with Crippen LogP contribution in [-0.4, -0.2) is 41.0 Å². The molecule has 0 bridgehead atoms. The third-order valence-corrected chi connectivity index (χ3v) is 6.85. The highest BCUT2D eigenvalue weighted by Crippen LogP contribution is 2.33. The number of amides is 3. The second-order valence-corrected chi connectivity index (χ2v) is 9.88. The van der Waals surface area contributed by atoms with Crippen LogP contribution in [0.2, 0.25) is 5.02 Å². The Hall–Kier alpha value is -3.82. The van der Waals surface area contributed by atoms with Crippen LogP contribution >= 0.6 is 23.4 Å². The first-order valence-corrected chi connectivity index (χ1v) is 13.0. The number of halogens is 1. The molecule has 3 amide bonds. The van der Waals surface area contributed by atoms with E-state index in [0.717, 1.165) is 34.7 Å². The molecule has 0 radical (unpaired) electrons. The van der Waals surface area contributed by atoms with Crippen molar-refractivity contribution in [3.8, 4) is 0 Å². The van der Waals surface area contributed by atoms with Gasteiger partial charge in [-0.05, 0) is 66.9 Å². The molecule has 10 heteroatoms. The van der Waals surface area contributed by atoms with E-state index in [1.165, 1.54) is 0 Å². The third kappa shape index (κ3) is 6.49. The molecule has 0 unspecified atom stereocenters. The molecule has 0 aromatic heterocycles. The molecule has 0 atom stereocenters. The van der Waals surface area contributed by atoms with E-state index in [1.54, 1.807) is 53.1 Å². The number of hydrogen-bond donors (Lipinski definition) is 3. The van der Waals surface area contributed by atoms with Gasteiger partial charge in [-0.1, -0.05) is 36.7 Å². The molecule has 0 fully saturated rings. The van der Waals surface area contributed by atoms with Gasteiger partial charge in [0.05, 0.1) is 11.3 Å². The molecule has 3 N–H and O–H groups in total. The molecule has 1 heterocycles. The number of anilines is 2. The molecule has 0 saturated carbocycles. The highest BCUT2D eigenvalue weighted by molar-refractivity contribution is 7.99. The van der Waals surface area contributed by atoms with Crippen LogP contribution in [0.15, 0.2) is 76.7 Å². The van der Waals surface area contributed by atoms with Crippen molar-refractivity contribution in [2.45, 2.75) is 24.7 Å². The van der Waals surface area contributed by atoms with Gasteiger partial charge >= 0.3 is 12.0 Å². The summed E-state index contributed by atoms with van der Waals surface area (Å²) >= 11 is 7.58. The summed E-state index contributed by atoms with van der Waals surface area (Å²) < 4.78 is 0. The molecule has 3 aromatic carbocycles. The van der Waals surface area contributed by atoms with Crippen LogP contribution < -0.4 is 15.6 Å². The van der Waals surface area contributed by atoms with Crippen LogP contribution in [0.1, 0.15) is 34.8 Å². The number of carbonyl (C=O) groups excluding carboxylic acids is 2. The van der Waals surface area contributed by atoms with Gasteiger partial charge in [-0.25, -0.2) is 15.0 Å². The van der Waals surface area contributed by atoms with Crippen molar-refractivity contribution < 1.29 is 19.5 Å². The number of benzene rings is 3. The maximum Gasteiger partial charge on any atom is 0.339 e. The fraction of sp³-hybridized carbons (Fsp3) is 0.185.